The van der Waals surface area contributed by atoms with Crippen molar-refractivity contribution >= 4 is 12.0 Å². The molecule has 2 amide bonds. The largest absolute Gasteiger partial charge is 0.481 e. The highest BCUT2D eigenvalue weighted by Gasteiger charge is 2.12. The Morgan fingerprint density at radius 2 is 2.20 bits per heavy atom. The zero-order valence-corrected chi connectivity index (χ0v) is 8.53. The van der Waals surface area contributed by atoms with Gasteiger partial charge in [0.05, 0.1) is 6.42 Å². The Balaban J connectivity index is 2.12. The van der Waals surface area contributed by atoms with Crippen LogP contribution in [-0.2, 0) is 4.79 Å². The molecular formula is C10H16N2O3. The molecule has 1 aliphatic rings. The minimum Gasteiger partial charge on any atom is -0.481 e. The van der Waals surface area contributed by atoms with Crippen LogP contribution in [0.1, 0.15) is 25.7 Å². The molecule has 0 bridgehead atoms. The van der Waals surface area contributed by atoms with Crippen LogP contribution in [0.15, 0.2) is 12.2 Å². The summed E-state index contributed by atoms with van der Waals surface area (Å²) < 4.78 is 0. The second kappa shape index (κ2) is 6.06. The molecule has 5 heteroatoms. The second-order valence-electron chi connectivity index (χ2n) is 3.53. The fraction of sp³-hybridized carbons (Fsp3) is 0.600. The van der Waals surface area contributed by atoms with Gasteiger partial charge in [0.2, 0.25) is 0 Å². The summed E-state index contributed by atoms with van der Waals surface area (Å²) in [7, 11) is 0. The lowest BCUT2D eigenvalue weighted by Crippen LogP contribution is -2.42. The smallest absolute Gasteiger partial charge is 0.315 e. The van der Waals surface area contributed by atoms with Crippen LogP contribution in [0.5, 0.6) is 0 Å². The van der Waals surface area contributed by atoms with Crippen molar-refractivity contribution in [1.29, 1.82) is 0 Å². The molecule has 1 atom stereocenters. The van der Waals surface area contributed by atoms with Gasteiger partial charge in [-0.15, -0.1) is 0 Å². The Hall–Kier alpha value is -1.52. The molecule has 0 aliphatic heterocycles. The van der Waals surface area contributed by atoms with E-state index >= 15 is 0 Å². The van der Waals surface area contributed by atoms with Gasteiger partial charge in [0, 0.05) is 12.6 Å². The van der Waals surface area contributed by atoms with Crippen molar-refractivity contribution in [2.75, 3.05) is 6.54 Å². The molecule has 0 saturated carbocycles. The summed E-state index contributed by atoms with van der Waals surface area (Å²) in [5.41, 5.74) is 0. The third kappa shape index (κ3) is 5.05. The van der Waals surface area contributed by atoms with Crippen molar-refractivity contribution < 1.29 is 14.7 Å². The summed E-state index contributed by atoms with van der Waals surface area (Å²) in [6.07, 6.45) is 6.89. The van der Waals surface area contributed by atoms with Crippen LogP contribution in [0.25, 0.3) is 0 Å². The number of amides is 2. The number of rotatable bonds is 4. The number of carbonyl (C=O) groups excluding carboxylic acids is 1. The molecule has 0 spiro atoms. The first-order valence-corrected chi connectivity index (χ1v) is 5.09. The first-order valence-electron chi connectivity index (χ1n) is 5.09. The summed E-state index contributed by atoms with van der Waals surface area (Å²) in [4.78, 5) is 21.4. The van der Waals surface area contributed by atoms with E-state index in [1.807, 2.05) is 6.08 Å². The first-order chi connectivity index (χ1) is 7.18. The minimum absolute atomic E-state index is 0.0437. The average molecular weight is 212 g/mol. The monoisotopic (exact) mass is 212 g/mol. The molecule has 1 unspecified atom stereocenters. The summed E-state index contributed by atoms with van der Waals surface area (Å²) in [5, 5.41) is 13.7. The van der Waals surface area contributed by atoms with Crippen molar-refractivity contribution in [3.05, 3.63) is 12.2 Å². The van der Waals surface area contributed by atoms with Crippen LogP contribution >= 0.6 is 0 Å². The van der Waals surface area contributed by atoms with Crippen LogP contribution in [0.2, 0.25) is 0 Å². The number of carboxylic acids is 1. The van der Waals surface area contributed by atoms with E-state index < -0.39 is 5.97 Å². The predicted octanol–water partition coefficient (Wildman–Crippen LogP) is 0.869. The highest BCUT2D eigenvalue weighted by Crippen LogP contribution is 2.09. The Labute approximate surface area is 88.5 Å². The van der Waals surface area contributed by atoms with Crippen LogP contribution in [0.4, 0.5) is 4.79 Å². The molecule has 0 aromatic carbocycles. The highest BCUT2D eigenvalue weighted by molar-refractivity contribution is 5.75. The molecule has 0 fully saturated rings. The lowest BCUT2D eigenvalue weighted by Gasteiger charge is -2.19. The maximum Gasteiger partial charge on any atom is 0.315 e. The lowest BCUT2D eigenvalue weighted by atomic mass is 10.0. The summed E-state index contributed by atoms with van der Waals surface area (Å²) >= 11 is 0. The Bertz CT molecular complexity index is 263. The maximum absolute atomic E-state index is 11.3. The van der Waals surface area contributed by atoms with Crippen LogP contribution < -0.4 is 10.6 Å². The molecule has 0 heterocycles. The van der Waals surface area contributed by atoms with Gasteiger partial charge in [-0.05, 0) is 19.3 Å². The highest BCUT2D eigenvalue weighted by atomic mass is 16.4. The van der Waals surface area contributed by atoms with Crippen LogP contribution in [-0.4, -0.2) is 29.7 Å². The van der Waals surface area contributed by atoms with Gasteiger partial charge in [-0.25, -0.2) is 4.79 Å². The number of carboxylic acid groups (broad SMARTS) is 1. The lowest BCUT2D eigenvalue weighted by molar-refractivity contribution is -0.136. The van der Waals surface area contributed by atoms with E-state index in [0.717, 1.165) is 19.3 Å². The second-order valence-corrected chi connectivity index (χ2v) is 3.53. The zero-order chi connectivity index (χ0) is 11.1. The summed E-state index contributed by atoms with van der Waals surface area (Å²) in [6.45, 7) is 0.170. The number of urea groups is 1. The number of aliphatic carboxylic acids is 1. The zero-order valence-electron chi connectivity index (χ0n) is 8.53. The van der Waals surface area contributed by atoms with Gasteiger partial charge in [0.15, 0.2) is 0 Å². The van der Waals surface area contributed by atoms with E-state index in [0.29, 0.717) is 0 Å². The van der Waals surface area contributed by atoms with Gasteiger partial charge in [-0.2, -0.15) is 0 Å². The van der Waals surface area contributed by atoms with Gasteiger partial charge in [0.1, 0.15) is 0 Å². The van der Waals surface area contributed by atoms with Gasteiger partial charge < -0.3 is 15.7 Å². The van der Waals surface area contributed by atoms with Gasteiger partial charge in [-0.3, -0.25) is 4.79 Å². The molecule has 0 saturated heterocycles. The van der Waals surface area contributed by atoms with Crippen molar-refractivity contribution in [3.63, 3.8) is 0 Å². The third-order valence-electron chi connectivity index (χ3n) is 2.23. The first kappa shape index (κ1) is 11.6. The average Bonchev–Trinajstić information content (AvgIpc) is 2.18. The normalized spacial score (nSPS) is 19.6. The molecule has 5 nitrogen and oxygen atoms in total. The number of hydrogen-bond acceptors (Lipinski definition) is 2. The molecule has 0 aromatic rings. The fourth-order valence-electron chi connectivity index (χ4n) is 1.44. The van der Waals surface area contributed by atoms with Crippen molar-refractivity contribution in [2.45, 2.75) is 31.7 Å². The van der Waals surface area contributed by atoms with Crippen LogP contribution in [0.3, 0.4) is 0 Å². The molecule has 1 rings (SSSR count). The van der Waals surface area contributed by atoms with E-state index in [2.05, 4.69) is 16.7 Å². The Morgan fingerprint density at radius 3 is 2.80 bits per heavy atom. The third-order valence-corrected chi connectivity index (χ3v) is 2.23. The summed E-state index contributed by atoms with van der Waals surface area (Å²) in [6, 6.07) is -0.101. The van der Waals surface area contributed by atoms with E-state index in [-0.39, 0.29) is 25.0 Å². The van der Waals surface area contributed by atoms with E-state index in [1.54, 1.807) is 0 Å². The van der Waals surface area contributed by atoms with Crippen molar-refractivity contribution in [3.8, 4) is 0 Å². The molecule has 84 valence electrons. The number of carbonyl (C=O) groups is 2. The van der Waals surface area contributed by atoms with E-state index in [1.165, 1.54) is 0 Å². The quantitative estimate of drug-likeness (QED) is 0.605. The molecule has 0 aromatic heterocycles. The Kier molecular flexibility index (Phi) is 4.66. The molecule has 15 heavy (non-hydrogen) atoms. The standard InChI is InChI=1S/C10H16N2O3/c13-9(14)6-7-11-10(15)12-8-4-2-1-3-5-8/h1-2,8H,3-7H2,(H,13,14)(H2,11,12,15). The number of nitrogens with one attached hydrogen (secondary N) is 2. The van der Waals surface area contributed by atoms with Gasteiger partial charge in [0.25, 0.3) is 0 Å². The van der Waals surface area contributed by atoms with Crippen molar-refractivity contribution in [1.82, 2.24) is 10.6 Å². The maximum atomic E-state index is 11.3. The van der Waals surface area contributed by atoms with Crippen LogP contribution in [0, 0.1) is 0 Å². The SMILES string of the molecule is O=C(O)CCNC(=O)NC1CC=CCC1. The molecular weight excluding hydrogens is 196 g/mol. The van der Waals surface area contributed by atoms with E-state index in [9.17, 15) is 9.59 Å². The number of hydrogen-bond donors (Lipinski definition) is 3. The number of allylic oxidation sites excluding steroid dienone is 1. The van der Waals surface area contributed by atoms with Gasteiger partial charge in [-0.1, -0.05) is 12.2 Å². The van der Waals surface area contributed by atoms with E-state index in [4.69, 9.17) is 5.11 Å². The molecule has 0 radical (unpaired) electrons. The molecule has 1 aliphatic carbocycles. The molecule has 3 N–H and O–H groups in total. The Morgan fingerprint density at radius 1 is 1.40 bits per heavy atom. The van der Waals surface area contributed by atoms with Gasteiger partial charge >= 0.3 is 12.0 Å². The minimum atomic E-state index is -0.907. The summed E-state index contributed by atoms with van der Waals surface area (Å²) in [5.74, 6) is -0.907. The van der Waals surface area contributed by atoms with Crippen molar-refractivity contribution in [2.24, 2.45) is 0 Å². The topological polar surface area (TPSA) is 78.4 Å². The predicted molar refractivity (Wildman–Crippen MR) is 55.6 cm³/mol. The fourth-order valence-corrected chi connectivity index (χ4v) is 1.44.